The average Bonchev–Trinajstić information content (AvgIpc) is 3.01. The highest BCUT2D eigenvalue weighted by Crippen LogP contribution is 2.43. The highest BCUT2D eigenvalue weighted by molar-refractivity contribution is 5.56. The second kappa shape index (κ2) is 6.81. The van der Waals surface area contributed by atoms with Crippen LogP contribution in [-0.4, -0.2) is 45.9 Å². The molecule has 0 radical (unpaired) electrons. The Morgan fingerprint density at radius 1 is 1.05 bits per heavy atom. The molecule has 1 aliphatic rings. The number of nitrogens with two attached hydrogens (primary N) is 1. The van der Waals surface area contributed by atoms with E-state index in [-0.39, 0.29) is 6.04 Å². The minimum absolute atomic E-state index is 0.159. The van der Waals surface area contributed by atoms with E-state index >= 15 is 0 Å². The largest absolute Gasteiger partial charge is 0.493 e. The van der Waals surface area contributed by atoms with Gasteiger partial charge in [0.25, 0.3) is 0 Å². The smallest absolute Gasteiger partial charge is 0.203 e. The van der Waals surface area contributed by atoms with Crippen molar-refractivity contribution >= 4 is 0 Å². The van der Waals surface area contributed by atoms with E-state index in [0.717, 1.165) is 18.7 Å². The van der Waals surface area contributed by atoms with Crippen LogP contribution in [0.4, 0.5) is 0 Å². The van der Waals surface area contributed by atoms with Gasteiger partial charge in [0.05, 0.1) is 27.4 Å². The second-order valence-electron chi connectivity index (χ2n) is 4.92. The molecule has 1 unspecified atom stereocenters. The third-order valence-corrected chi connectivity index (χ3v) is 3.90. The van der Waals surface area contributed by atoms with Crippen LogP contribution in [0.15, 0.2) is 12.1 Å². The van der Waals surface area contributed by atoms with Gasteiger partial charge in [0, 0.05) is 12.1 Å². The predicted molar refractivity (Wildman–Crippen MR) is 78.7 cm³/mol. The Morgan fingerprint density at radius 3 is 2.20 bits per heavy atom. The molecule has 0 aromatic heterocycles. The van der Waals surface area contributed by atoms with Crippen LogP contribution in [0.3, 0.4) is 0 Å². The van der Waals surface area contributed by atoms with Crippen molar-refractivity contribution in [2.45, 2.75) is 18.9 Å². The molecule has 2 N–H and O–H groups in total. The van der Waals surface area contributed by atoms with Gasteiger partial charge >= 0.3 is 0 Å². The average molecular weight is 280 g/mol. The first-order valence-electron chi connectivity index (χ1n) is 6.99. The maximum atomic E-state index is 6.00. The van der Waals surface area contributed by atoms with Gasteiger partial charge in [-0.1, -0.05) is 0 Å². The van der Waals surface area contributed by atoms with E-state index in [1.165, 1.54) is 12.8 Å². The van der Waals surface area contributed by atoms with Crippen molar-refractivity contribution in [3.8, 4) is 17.2 Å². The van der Waals surface area contributed by atoms with E-state index in [1.54, 1.807) is 21.3 Å². The van der Waals surface area contributed by atoms with Crippen molar-refractivity contribution in [3.05, 3.63) is 17.7 Å². The van der Waals surface area contributed by atoms with Crippen LogP contribution in [0.5, 0.6) is 17.2 Å². The first kappa shape index (κ1) is 14.9. The fourth-order valence-electron chi connectivity index (χ4n) is 2.91. The molecule has 1 aromatic carbocycles. The number of benzene rings is 1. The van der Waals surface area contributed by atoms with Crippen LogP contribution >= 0.6 is 0 Å². The number of hydrogen-bond acceptors (Lipinski definition) is 5. The number of ether oxygens (including phenoxy) is 3. The first-order chi connectivity index (χ1) is 9.76. The third kappa shape index (κ3) is 2.69. The highest BCUT2D eigenvalue weighted by Gasteiger charge is 2.27. The Labute approximate surface area is 120 Å². The number of likely N-dealkylation sites (tertiary alicyclic amines) is 1. The van der Waals surface area contributed by atoms with Crippen LogP contribution < -0.4 is 19.9 Å². The predicted octanol–water partition coefficient (Wildman–Crippen LogP) is 1.81. The van der Waals surface area contributed by atoms with Gasteiger partial charge in [-0.25, -0.2) is 0 Å². The topological polar surface area (TPSA) is 57.0 Å². The maximum absolute atomic E-state index is 6.00. The van der Waals surface area contributed by atoms with Gasteiger partial charge in [0.2, 0.25) is 5.75 Å². The van der Waals surface area contributed by atoms with Crippen molar-refractivity contribution in [2.75, 3.05) is 41.0 Å². The highest BCUT2D eigenvalue weighted by atomic mass is 16.5. The molecular weight excluding hydrogens is 256 g/mol. The van der Waals surface area contributed by atoms with E-state index in [0.29, 0.717) is 23.8 Å². The summed E-state index contributed by atoms with van der Waals surface area (Å²) in [6.45, 7) is 2.73. The van der Waals surface area contributed by atoms with E-state index < -0.39 is 0 Å². The molecule has 0 aliphatic carbocycles. The zero-order chi connectivity index (χ0) is 14.5. The minimum Gasteiger partial charge on any atom is -0.493 e. The summed E-state index contributed by atoms with van der Waals surface area (Å²) in [6, 6.07) is 4.10. The van der Waals surface area contributed by atoms with Gasteiger partial charge in [0.15, 0.2) is 11.5 Å². The standard InChI is InChI=1S/C15H24N2O3/c1-18-13-7-6-11(14(19-2)15(13)20-3)12(10-16)17-8-4-5-9-17/h6-7,12H,4-5,8-10,16H2,1-3H3. The van der Waals surface area contributed by atoms with Crippen LogP contribution in [-0.2, 0) is 0 Å². The van der Waals surface area contributed by atoms with Crippen LogP contribution in [0, 0.1) is 0 Å². The van der Waals surface area contributed by atoms with Crippen molar-refractivity contribution in [1.29, 1.82) is 0 Å². The molecule has 112 valence electrons. The summed E-state index contributed by atoms with van der Waals surface area (Å²) in [5.41, 5.74) is 7.07. The summed E-state index contributed by atoms with van der Waals surface area (Å²) in [6.07, 6.45) is 2.46. The molecule has 0 spiro atoms. The fraction of sp³-hybridized carbons (Fsp3) is 0.600. The number of hydrogen-bond donors (Lipinski definition) is 1. The molecular formula is C15H24N2O3. The monoisotopic (exact) mass is 280 g/mol. The molecule has 0 amide bonds. The van der Waals surface area contributed by atoms with Gasteiger partial charge < -0.3 is 19.9 Å². The van der Waals surface area contributed by atoms with Crippen molar-refractivity contribution in [3.63, 3.8) is 0 Å². The van der Waals surface area contributed by atoms with Crippen molar-refractivity contribution in [2.24, 2.45) is 5.73 Å². The molecule has 1 aromatic rings. The molecule has 5 heteroatoms. The summed E-state index contributed by atoms with van der Waals surface area (Å²) in [5.74, 6) is 2.02. The molecule has 2 rings (SSSR count). The van der Waals surface area contributed by atoms with Gasteiger partial charge in [-0.3, -0.25) is 4.90 Å². The van der Waals surface area contributed by atoms with Crippen molar-refractivity contribution < 1.29 is 14.2 Å². The number of rotatable bonds is 6. The van der Waals surface area contributed by atoms with Crippen molar-refractivity contribution in [1.82, 2.24) is 4.90 Å². The van der Waals surface area contributed by atoms with Crippen LogP contribution in [0.2, 0.25) is 0 Å². The zero-order valence-electron chi connectivity index (χ0n) is 12.5. The van der Waals surface area contributed by atoms with Gasteiger partial charge in [-0.05, 0) is 38.1 Å². The lowest BCUT2D eigenvalue weighted by Gasteiger charge is -2.28. The van der Waals surface area contributed by atoms with E-state index in [2.05, 4.69) is 4.90 Å². The Kier molecular flexibility index (Phi) is 5.09. The molecule has 1 heterocycles. The summed E-state index contributed by atoms with van der Waals surface area (Å²) in [7, 11) is 4.90. The Balaban J connectivity index is 2.43. The third-order valence-electron chi connectivity index (χ3n) is 3.90. The van der Waals surface area contributed by atoms with E-state index in [1.807, 2.05) is 12.1 Å². The summed E-state index contributed by atoms with van der Waals surface area (Å²) in [4.78, 5) is 2.41. The molecule has 1 saturated heterocycles. The molecule has 1 atom stereocenters. The van der Waals surface area contributed by atoms with Crippen LogP contribution in [0.25, 0.3) is 0 Å². The normalized spacial score (nSPS) is 17.0. The molecule has 0 saturated carbocycles. The van der Waals surface area contributed by atoms with E-state index in [9.17, 15) is 0 Å². The molecule has 20 heavy (non-hydrogen) atoms. The fourth-order valence-corrected chi connectivity index (χ4v) is 2.91. The number of methoxy groups -OCH3 is 3. The van der Waals surface area contributed by atoms with Gasteiger partial charge in [-0.2, -0.15) is 0 Å². The quantitative estimate of drug-likeness (QED) is 0.861. The second-order valence-corrected chi connectivity index (χ2v) is 4.92. The summed E-state index contributed by atoms with van der Waals surface area (Å²) < 4.78 is 16.3. The maximum Gasteiger partial charge on any atom is 0.203 e. The summed E-state index contributed by atoms with van der Waals surface area (Å²) in [5, 5.41) is 0. The number of nitrogens with zero attached hydrogens (tertiary/aromatic N) is 1. The lowest BCUT2D eigenvalue weighted by atomic mass is 10.0. The Morgan fingerprint density at radius 2 is 1.70 bits per heavy atom. The van der Waals surface area contributed by atoms with Crippen LogP contribution in [0.1, 0.15) is 24.4 Å². The SMILES string of the molecule is COc1ccc(C(CN)N2CCCC2)c(OC)c1OC. The Hall–Kier alpha value is -1.46. The lowest BCUT2D eigenvalue weighted by molar-refractivity contribution is 0.241. The molecule has 1 aliphatic heterocycles. The molecule has 1 fully saturated rings. The van der Waals surface area contributed by atoms with E-state index in [4.69, 9.17) is 19.9 Å². The lowest BCUT2D eigenvalue weighted by Crippen LogP contribution is -2.31. The molecule has 5 nitrogen and oxygen atoms in total. The first-order valence-corrected chi connectivity index (χ1v) is 6.99. The Bertz CT molecular complexity index is 445. The summed E-state index contributed by atoms with van der Waals surface area (Å²) >= 11 is 0. The molecule has 0 bridgehead atoms. The zero-order valence-corrected chi connectivity index (χ0v) is 12.5. The van der Waals surface area contributed by atoms with Gasteiger partial charge in [-0.15, -0.1) is 0 Å². The minimum atomic E-state index is 0.159. The van der Waals surface area contributed by atoms with Gasteiger partial charge in [0.1, 0.15) is 0 Å².